The van der Waals surface area contributed by atoms with Crippen molar-refractivity contribution in [1.82, 2.24) is 0 Å². The number of fused-ring (bicyclic) bond motifs is 3. The van der Waals surface area contributed by atoms with Crippen molar-refractivity contribution in [3.8, 4) is 11.1 Å². The first-order valence-corrected chi connectivity index (χ1v) is 6.93. The maximum Gasteiger partial charge on any atom is 0.0159 e. The Morgan fingerprint density at radius 3 is 2.21 bits per heavy atom. The van der Waals surface area contributed by atoms with Crippen molar-refractivity contribution >= 4 is 6.08 Å². The first-order valence-electron chi connectivity index (χ1n) is 6.93. The lowest BCUT2D eigenvalue weighted by molar-refractivity contribution is 0.659. The number of hydrogen-bond acceptors (Lipinski definition) is 0. The summed E-state index contributed by atoms with van der Waals surface area (Å²) < 4.78 is 0. The highest BCUT2D eigenvalue weighted by Crippen LogP contribution is 2.49. The monoisotopic (exact) mass is 248 g/mol. The maximum atomic E-state index is 2.34. The van der Waals surface area contributed by atoms with Gasteiger partial charge in [0.05, 0.1) is 0 Å². The van der Waals surface area contributed by atoms with Gasteiger partial charge in [-0.25, -0.2) is 0 Å². The van der Waals surface area contributed by atoms with Crippen molar-refractivity contribution in [2.45, 2.75) is 33.1 Å². The molecule has 0 aliphatic heterocycles. The second-order valence-corrected chi connectivity index (χ2v) is 5.98. The molecule has 0 amide bonds. The SMILES string of the molecule is C/C=C/c1ccc2c(c1)C(C)(C)c1cc(C)ccc1-2. The summed E-state index contributed by atoms with van der Waals surface area (Å²) in [4.78, 5) is 0. The third-order valence-corrected chi connectivity index (χ3v) is 4.21. The molecule has 1 aliphatic rings. The van der Waals surface area contributed by atoms with Crippen LogP contribution in [0.1, 0.15) is 43.0 Å². The zero-order valence-electron chi connectivity index (χ0n) is 12.1. The van der Waals surface area contributed by atoms with Crippen molar-refractivity contribution in [1.29, 1.82) is 0 Å². The zero-order chi connectivity index (χ0) is 13.6. The first-order chi connectivity index (χ1) is 9.04. The Morgan fingerprint density at radius 2 is 1.53 bits per heavy atom. The van der Waals surface area contributed by atoms with E-state index in [1.807, 2.05) is 0 Å². The molecule has 1 aliphatic carbocycles. The summed E-state index contributed by atoms with van der Waals surface area (Å²) in [5, 5.41) is 0. The molecule has 0 heteroatoms. The third kappa shape index (κ3) is 1.74. The van der Waals surface area contributed by atoms with Gasteiger partial charge in [0.1, 0.15) is 0 Å². The normalized spacial score (nSPS) is 15.6. The van der Waals surface area contributed by atoms with E-state index in [-0.39, 0.29) is 5.41 Å². The highest BCUT2D eigenvalue weighted by Gasteiger charge is 2.35. The summed E-state index contributed by atoms with van der Waals surface area (Å²) in [7, 11) is 0. The van der Waals surface area contributed by atoms with E-state index >= 15 is 0 Å². The van der Waals surface area contributed by atoms with Gasteiger partial charge in [-0.2, -0.15) is 0 Å². The number of hydrogen-bond donors (Lipinski definition) is 0. The minimum Gasteiger partial charge on any atom is -0.0871 e. The molecule has 0 radical (unpaired) electrons. The molecule has 19 heavy (non-hydrogen) atoms. The number of aryl methyl sites for hydroxylation is 1. The summed E-state index contributed by atoms with van der Waals surface area (Å²) in [6, 6.07) is 13.6. The van der Waals surface area contributed by atoms with Crippen LogP contribution in [0, 0.1) is 6.92 Å². The highest BCUT2D eigenvalue weighted by atomic mass is 14.4. The molecule has 0 aromatic heterocycles. The average molecular weight is 248 g/mol. The molecule has 2 aromatic rings. The van der Waals surface area contributed by atoms with Gasteiger partial charge in [0.25, 0.3) is 0 Å². The second kappa shape index (κ2) is 4.09. The standard InChI is InChI=1S/C19H20/c1-5-6-14-8-10-16-15-9-7-13(2)11-17(15)19(3,4)18(16)12-14/h5-12H,1-4H3/b6-5+. The zero-order valence-corrected chi connectivity index (χ0v) is 12.1. The Balaban J connectivity index is 2.27. The van der Waals surface area contributed by atoms with Gasteiger partial charge in [0.15, 0.2) is 0 Å². The van der Waals surface area contributed by atoms with Crippen molar-refractivity contribution in [3.05, 3.63) is 64.7 Å². The average Bonchev–Trinajstić information content (AvgIpc) is 2.59. The van der Waals surface area contributed by atoms with Crippen LogP contribution in [-0.2, 0) is 5.41 Å². The van der Waals surface area contributed by atoms with Gasteiger partial charge < -0.3 is 0 Å². The van der Waals surface area contributed by atoms with Gasteiger partial charge in [0.2, 0.25) is 0 Å². The molecular formula is C19H20. The lowest BCUT2D eigenvalue weighted by Gasteiger charge is -2.22. The molecule has 0 fully saturated rings. The third-order valence-electron chi connectivity index (χ3n) is 4.21. The summed E-state index contributed by atoms with van der Waals surface area (Å²) in [6.45, 7) is 8.90. The topological polar surface area (TPSA) is 0 Å². The fourth-order valence-electron chi connectivity index (χ4n) is 3.17. The van der Waals surface area contributed by atoms with Crippen LogP contribution in [0.4, 0.5) is 0 Å². The lowest BCUT2D eigenvalue weighted by atomic mass is 9.81. The van der Waals surface area contributed by atoms with Crippen molar-refractivity contribution < 1.29 is 0 Å². The van der Waals surface area contributed by atoms with E-state index < -0.39 is 0 Å². The van der Waals surface area contributed by atoms with Crippen LogP contribution in [0.2, 0.25) is 0 Å². The number of allylic oxidation sites excluding steroid dienone is 1. The van der Waals surface area contributed by atoms with Crippen LogP contribution in [0.3, 0.4) is 0 Å². The molecule has 0 saturated carbocycles. The van der Waals surface area contributed by atoms with E-state index in [2.05, 4.69) is 76.2 Å². The molecule has 0 atom stereocenters. The highest BCUT2D eigenvalue weighted by molar-refractivity contribution is 5.82. The van der Waals surface area contributed by atoms with Crippen LogP contribution >= 0.6 is 0 Å². The molecule has 2 aromatic carbocycles. The summed E-state index contributed by atoms with van der Waals surface area (Å²) in [5.74, 6) is 0. The second-order valence-electron chi connectivity index (χ2n) is 5.98. The molecule has 0 unspecified atom stereocenters. The molecule has 96 valence electrons. The first kappa shape index (κ1) is 12.2. The van der Waals surface area contributed by atoms with Crippen LogP contribution in [0.5, 0.6) is 0 Å². The van der Waals surface area contributed by atoms with Crippen LogP contribution < -0.4 is 0 Å². The van der Waals surface area contributed by atoms with Gasteiger partial charge >= 0.3 is 0 Å². The van der Waals surface area contributed by atoms with Crippen molar-refractivity contribution in [3.63, 3.8) is 0 Å². The lowest BCUT2D eigenvalue weighted by Crippen LogP contribution is -2.15. The Bertz CT molecular complexity index is 672. The predicted octanol–water partition coefficient (Wildman–Crippen LogP) is 5.33. The Kier molecular flexibility index (Phi) is 2.63. The minimum atomic E-state index is 0.105. The fourth-order valence-corrected chi connectivity index (χ4v) is 3.17. The fraction of sp³-hybridized carbons (Fsp3) is 0.263. The number of benzene rings is 2. The molecule has 0 N–H and O–H groups in total. The van der Waals surface area contributed by atoms with Gasteiger partial charge in [-0.1, -0.05) is 68.0 Å². The van der Waals surface area contributed by atoms with E-state index in [0.717, 1.165) is 0 Å². The maximum absolute atomic E-state index is 2.34. The van der Waals surface area contributed by atoms with Crippen molar-refractivity contribution in [2.75, 3.05) is 0 Å². The van der Waals surface area contributed by atoms with Gasteiger partial charge in [-0.15, -0.1) is 0 Å². The van der Waals surface area contributed by atoms with Crippen molar-refractivity contribution in [2.24, 2.45) is 0 Å². The molecule has 0 saturated heterocycles. The van der Waals surface area contributed by atoms with E-state index in [1.54, 1.807) is 0 Å². The molecular weight excluding hydrogens is 228 g/mol. The van der Waals surface area contributed by atoms with Gasteiger partial charge in [-0.3, -0.25) is 0 Å². The van der Waals surface area contributed by atoms with Gasteiger partial charge in [0, 0.05) is 5.41 Å². The molecule has 0 spiro atoms. The number of rotatable bonds is 1. The summed E-state index contributed by atoms with van der Waals surface area (Å²) in [6.07, 6.45) is 4.27. The largest absolute Gasteiger partial charge is 0.0871 e. The van der Waals surface area contributed by atoms with Crippen LogP contribution in [-0.4, -0.2) is 0 Å². The van der Waals surface area contributed by atoms with E-state index in [1.165, 1.54) is 33.4 Å². The molecule has 0 nitrogen and oxygen atoms in total. The molecule has 0 bridgehead atoms. The summed E-state index contributed by atoms with van der Waals surface area (Å²) in [5.41, 5.74) is 8.44. The van der Waals surface area contributed by atoms with Crippen LogP contribution in [0.15, 0.2) is 42.5 Å². The molecule has 0 heterocycles. The Hall–Kier alpha value is -1.82. The van der Waals surface area contributed by atoms with E-state index in [9.17, 15) is 0 Å². The van der Waals surface area contributed by atoms with E-state index in [0.29, 0.717) is 0 Å². The van der Waals surface area contributed by atoms with Gasteiger partial charge in [-0.05, 0) is 41.7 Å². The summed E-state index contributed by atoms with van der Waals surface area (Å²) >= 11 is 0. The Labute approximate surface area is 115 Å². The smallest absolute Gasteiger partial charge is 0.0159 e. The quantitative estimate of drug-likeness (QED) is 0.639. The Morgan fingerprint density at radius 1 is 0.895 bits per heavy atom. The predicted molar refractivity (Wildman–Crippen MR) is 83.5 cm³/mol. The molecule has 3 rings (SSSR count). The van der Waals surface area contributed by atoms with Crippen LogP contribution in [0.25, 0.3) is 17.2 Å². The van der Waals surface area contributed by atoms with E-state index in [4.69, 9.17) is 0 Å². The minimum absolute atomic E-state index is 0.105.